The first-order valence-corrected chi connectivity index (χ1v) is 6.69. The van der Waals surface area contributed by atoms with Crippen LogP contribution in [0.15, 0.2) is 66.7 Å². The van der Waals surface area contributed by atoms with Crippen LogP contribution in [0.4, 0.5) is 0 Å². The van der Waals surface area contributed by atoms with Gasteiger partial charge in [0.2, 0.25) is 0 Å². The molecule has 2 nitrogen and oxygen atoms in total. The van der Waals surface area contributed by atoms with Crippen LogP contribution in [-0.4, -0.2) is 17.0 Å². The molecule has 2 rings (SSSR count). The van der Waals surface area contributed by atoms with Crippen LogP contribution in [0.1, 0.15) is 22.8 Å². The van der Waals surface area contributed by atoms with Gasteiger partial charge in [0.1, 0.15) is 0 Å². The fourth-order valence-electron chi connectivity index (χ4n) is 1.96. The quantitative estimate of drug-likeness (QED) is 0.840. The van der Waals surface area contributed by atoms with E-state index in [0.29, 0.717) is 5.56 Å². The lowest BCUT2D eigenvalue weighted by Crippen LogP contribution is -2.23. The number of benzene rings is 2. The summed E-state index contributed by atoms with van der Waals surface area (Å²) < 4.78 is 0. The number of rotatable bonds is 5. The molecular formula is C18H18O2. The third-order valence-corrected chi connectivity index (χ3v) is 3.27. The summed E-state index contributed by atoms with van der Waals surface area (Å²) >= 11 is 0. The number of carbonyl (C=O) groups is 1. The summed E-state index contributed by atoms with van der Waals surface area (Å²) in [7, 11) is 0. The molecule has 0 aliphatic rings. The lowest BCUT2D eigenvalue weighted by atomic mass is 9.94. The Bertz CT molecular complexity index is 573. The monoisotopic (exact) mass is 266 g/mol. The Kier molecular flexibility index (Phi) is 4.85. The van der Waals surface area contributed by atoms with E-state index in [4.69, 9.17) is 0 Å². The maximum atomic E-state index is 12.2. The summed E-state index contributed by atoms with van der Waals surface area (Å²) in [5.41, 5.74) is 1.64. The third-order valence-electron chi connectivity index (χ3n) is 3.27. The van der Waals surface area contributed by atoms with Gasteiger partial charge in [-0.3, -0.25) is 4.79 Å². The lowest BCUT2D eigenvalue weighted by molar-refractivity contribution is 0.0806. The first kappa shape index (κ1) is 14.2. The molecule has 0 heterocycles. The number of ketones is 1. The van der Waals surface area contributed by atoms with Crippen molar-refractivity contribution in [2.45, 2.75) is 13.0 Å². The van der Waals surface area contributed by atoms with E-state index in [-0.39, 0.29) is 5.78 Å². The molecule has 0 radical (unpaired) electrons. The molecule has 20 heavy (non-hydrogen) atoms. The second kappa shape index (κ2) is 6.83. The van der Waals surface area contributed by atoms with Crippen molar-refractivity contribution in [3.63, 3.8) is 0 Å². The average Bonchev–Trinajstić information content (AvgIpc) is 2.53. The van der Waals surface area contributed by atoms with Gasteiger partial charge in [0, 0.05) is 11.5 Å². The van der Waals surface area contributed by atoms with Crippen LogP contribution < -0.4 is 0 Å². The van der Waals surface area contributed by atoms with Gasteiger partial charge in [0.25, 0.3) is 0 Å². The Morgan fingerprint density at radius 3 is 2.15 bits per heavy atom. The molecule has 0 spiro atoms. The molecular weight excluding hydrogens is 248 g/mol. The summed E-state index contributed by atoms with van der Waals surface area (Å²) in [6.45, 7) is 1.75. The van der Waals surface area contributed by atoms with Crippen molar-refractivity contribution in [1.29, 1.82) is 0 Å². The zero-order valence-electron chi connectivity index (χ0n) is 11.4. The summed E-state index contributed by atoms with van der Waals surface area (Å²) in [6.07, 6.45) is 2.71. The van der Waals surface area contributed by atoms with Crippen LogP contribution in [0, 0.1) is 5.92 Å². The van der Waals surface area contributed by atoms with Crippen molar-refractivity contribution in [3.05, 3.63) is 77.9 Å². The molecule has 0 amide bonds. The van der Waals surface area contributed by atoms with Gasteiger partial charge in [0.15, 0.2) is 5.78 Å². The van der Waals surface area contributed by atoms with Crippen LogP contribution in [0.25, 0.3) is 6.08 Å². The van der Waals surface area contributed by atoms with Crippen molar-refractivity contribution < 1.29 is 9.90 Å². The van der Waals surface area contributed by atoms with Crippen LogP contribution in [0.3, 0.4) is 0 Å². The van der Waals surface area contributed by atoms with E-state index in [2.05, 4.69) is 0 Å². The maximum Gasteiger partial charge on any atom is 0.168 e. The van der Waals surface area contributed by atoms with Gasteiger partial charge in [-0.2, -0.15) is 0 Å². The normalized spacial score (nSPS) is 14.1. The van der Waals surface area contributed by atoms with Gasteiger partial charge < -0.3 is 5.11 Å². The summed E-state index contributed by atoms with van der Waals surface area (Å²) in [6, 6.07) is 18.8. The molecule has 0 bridgehead atoms. The van der Waals surface area contributed by atoms with E-state index in [1.165, 1.54) is 0 Å². The Morgan fingerprint density at radius 1 is 1.00 bits per heavy atom. The van der Waals surface area contributed by atoms with Crippen molar-refractivity contribution >= 4 is 11.9 Å². The molecule has 102 valence electrons. The fraction of sp³-hybridized carbons (Fsp3) is 0.167. The van der Waals surface area contributed by atoms with E-state index in [1.54, 1.807) is 25.1 Å². The van der Waals surface area contributed by atoms with Crippen molar-refractivity contribution in [2.24, 2.45) is 5.92 Å². The molecule has 0 fully saturated rings. The molecule has 0 unspecified atom stereocenters. The number of hydrogen-bond donors (Lipinski definition) is 1. The molecule has 0 saturated carbocycles. The van der Waals surface area contributed by atoms with Crippen molar-refractivity contribution in [2.75, 3.05) is 0 Å². The van der Waals surface area contributed by atoms with Gasteiger partial charge in [-0.05, 0) is 5.56 Å². The average molecular weight is 266 g/mol. The topological polar surface area (TPSA) is 37.3 Å². The molecule has 0 aliphatic heterocycles. The van der Waals surface area contributed by atoms with E-state index >= 15 is 0 Å². The minimum atomic E-state index is -0.789. The van der Waals surface area contributed by atoms with E-state index in [1.807, 2.05) is 54.6 Å². The van der Waals surface area contributed by atoms with Crippen molar-refractivity contribution in [3.8, 4) is 0 Å². The predicted molar refractivity (Wildman–Crippen MR) is 81.4 cm³/mol. The highest BCUT2D eigenvalue weighted by molar-refractivity contribution is 5.98. The number of hydrogen-bond acceptors (Lipinski definition) is 2. The molecule has 2 aromatic rings. The van der Waals surface area contributed by atoms with E-state index in [0.717, 1.165) is 5.56 Å². The van der Waals surface area contributed by atoms with Crippen LogP contribution in [0.5, 0.6) is 0 Å². The summed E-state index contributed by atoms with van der Waals surface area (Å²) in [5.74, 6) is -0.506. The van der Waals surface area contributed by atoms with E-state index < -0.39 is 12.0 Å². The minimum absolute atomic E-state index is 0.0455. The highest BCUT2D eigenvalue weighted by atomic mass is 16.3. The van der Waals surface area contributed by atoms with Gasteiger partial charge in [-0.25, -0.2) is 0 Å². The van der Waals surface area contributed by atoms with Crippen LogP contribution >= 0.6 is 0 Å². The highest BCUT2D eigenvalue weighted by Gasteiger charge is 2.20. The van der Waals surface area contributed by atoms with Gasteiger partial charge in [-0.1, -0.05) is 79.7 Å². The lowest BCUT2D eigenvalue weighted by Gasteiger charge is -2.14. The smallest absolute Gasteiger partial charge is 0.168 e. The van der Waals surface area contributed by atoms with Crippen LogP contribution in [0.2, 0.25) is 0 Å². The molecule has 2 aromatic carbocycles. The van der Waals surface area contributed by atoms with E-state index in [9.17, 15) is 9.90 Å². The van der Waals surface area contributed by atoms with Gasteiger partial charge in [0.05, 0.1) is 6.10 Å². The maximum absolute atomic E-state index is 12.2. The molecule has 0 aliphatic carbocycles. The second-order valence-corrected chi connectivity index (χ2v) is 4.78. The Labute approximate surface area is 119 Å². The van der Waals surface area contributed by atoms with Crippen molar-refractivity contribution in [1.82, 2.24) is 0 Å². The number of Topliss-reactive ketones (excluding diaryl/α,β-unsaturated/α-hetero) is 1. The zero-order valence-corrected chi connectivity index (χ0v) is 11.4. The Balaban J connectivity index is 2.04. The SMILES string of the molecule is C[C@H](C(=O)c1ccccc1)[C@H](O)/C=C/c1ccccc1. The van der Waals surface area contributed by atoms with Gasteiger partial charge in [-0.15, -0.1) is 0 Å². The van der Waals surface area contributed by atoms with Gasteiger partial charge >= 0.3 is 0 Å². The number of aliphatic hydroxyl groups is 1. The number of carbonyl (C=O) groups excluding carboxylic acids is 1. The molecule has 1 N–H and O–H groups in total. The molecule has 0 saturated heterocycles. The molecule has 2 atom stereocenters. The Morgan fingerprint density at radius 2 is 1.55 bits per heavy atom. The first-order valence-electron chi connectivity index (χ1n) is 6.69. The predicted octanol–water partition coefficient (Wildman–Crippen LogP) is 3.58. The zero-order chi connectivity index (χ0) is 14.4. The molecule has 0 aromatic heterocycles. The fourth-order valence-corrected chi connectivity index (χ4v) is 1.96. The minimum Gasteiger partial charge on any atom is -0.388 e. The number of aliphatic hydroxyl groups excluding tert-OH is 1. The third kappa shape index (κ3) is 3.65. The summed E-state index contributed by atoms with van der Waals surface area (Å²) in [4.78, 5) is 12.2. The summed E-state index contributed by atoms with van der Waals surface area (Å²) in [5, 5.41) is 10.1. The highest BCUT2D eigenvalue weighted by Crippen LogP contribution is 2.14. The largest absolute Gasteiger partial charge is 0.388 e. The molecule has 2 heteroatoms. The second-order valence-electron chi connectivity index (χ2n) is 4.78. The first-order chi connectivity index (χ1) is 9.68. The standard InChI is InChI=1S/C18H18O2/c1-14(18(20)16-10-6-3-7-11-16)17(19)13-12-15-8-4-2-5-9-15/h2-14,17,19H,1H3/b13-12+/t14-,17+/m0/s1. The van der Waals surface area contributed by atoms with Crippen LogP contribution in [-0.2, 0) is 0 Å². The Hall–Kier alpha value is -2.19.